The van der Waals surface area contributed by atoms with Crippen molar-refractivity contribution in [3.63, 3.8) is 0 Å². The standard InChI is InChI=1S/C8H10O3S2/c1-7-3-5-8(6-4-7)13(9,10)11-12-2/h3-6H,1-2H3. The Morgan fingerprint density at radius 1 is 1.23 bits per heavy atom. The molecule has 3 nitrogen and oxygen atoms in total. The summed E-state index contributed by atoms with van der Waals surface area (Å²) >= 11 is 0.820. The van der Waals surface area contributed by atoms with Crippen molar-refractivity contribution in [2.24, 2.45) is 0 Å². The van der Waals surface area contributed by atoms with Crippen molar-refractivity contribution in [1.82, 2.24) is 0 Å². The van der Waals surface area contributed by atoms with Crippen LogP contribution in [0.3, 0.4) is 0 Å². The van der Waals surface area contributed by atoms with Crippen LogP contribution in [0.2, 0.25) is 0 Å². The molecule has 0 N–H and O–H groups in total. The lowest BCUT2D eigenvalue weighted by Crippen LogP contribution is -2.00. The normalized spacial score (nSPS) is 11.5. The van der Waals surface area contributed by atoms with E-state index in [-0.39, 0.29) is 4.90 Å². The Hall–Kier alpha value is -0.520. The molecule has 13 heavy (non-hydrogen) atoms. The highest BCUT2D eigenvalue weighted by Crippen LogP contribution is 2.16. The van der Waals surface area contributed by atoms with E-state index in [2.05, 4.69) is 3.63 Å². The minimum Gasteiger partial charge on any atom is -0.194 e. The maximum absolute atomic E-state index is 11.3. The van der Waals surface area contributed by atoms with Gasteiger partial charge in [-0.3, -0.25) is 0 Å². The van der Waals surface area contributed by atoms with Gasteiger partial charge in [0.25, 0.3) is 0 Å². The van der Waals surface area contributed by atoms with Crippen LogP contribution in [0.25, 0.3) is 0 Å². The van der Waals surface area contributed by atoms with Gasteiger partial charge < -0.3 is 0 Å². The van der Waals surface area contributed by atoms with Crippen LogP contribution in [0.4, 0.5) is 0 Å². The van der Waals surface area contributed by atoms with Gasteiger partial charge in [0.05, 0.1) is 4.90 Å². The molecule has 0 fully saturated rings. The molecular formula is C8H10O3S2. The first-order chi connectivity index (χ1) is 6.06. The quantitative estimate of drug-likeness (QED) is 0.728. The first kappa shape index (κ1) is 10.6. The van der Waals surface area contributed by atoms with E-state index in [0.29, 0.717) is 0 Å². The van der Waals surface area contributed by atoms with Crippen LogP contribution >= 0.6 is 12.0 Å². The summed E-state index contributed by atoms with van der Waals surface area (Å²) in [6.07, 6.45) is 1.56. The maximum Gasteiger partial charge on any atom is 0.307 e. The summed E-state index contributed by atoms with van der Waals surface area (Å²) in [7, 11) is -3.56. The van der Waals surface area contributed by atoms with Gasteiger partial charge in [0.1, 0.15) is 0 Å². The molecule has 72 valence electrons. The lowest BCUT2D eigenvalue weighted by Gasteiger charge is -2.01. The van der Waals surface area contributed by atoms with Crippen molar-refractivity contribution in [2.75, 3.05) is 6.26 Å². The second-order valence-electron chi connectivity index (χ2n) is 2.50. The van der Waals surface area contributed by atoms with Gasteiger partial charge in [-0.05, 0) is 19.1 Å². The molecule has 5 heteroatoms. The zero-order valence-electron chi connectivity index (χ0n) is 7.35. The van der Waals surface area contributed by atoms with Gasteiger partial charge in [-0.2, -0.15) is 12.0 Å². The van der Waals surface area contributed by atoms with E-state index in [9.17, 15) is 8.42 Å². The number of hydrogen-bond donors (Lipinski definition) is 0. The second kappa shape index (κ2) is 4.13. The number of hydrogen-bond acceptors (Lipinski definition) is 4. The molecule has 0 radical (unpaired) electrons. The van der Waals surface area contributed by atoms with Gasteiger partial charge in [-0.25, -0.2) is 0 Å². The van der Waals surface area contributed by atoms with Gasteiger partial charge >= 0.3 is 10.1 Å². The topological polar surface area (TPSA) is 43.4 Å². The van der Waals surface area contributed by atoms with Crippen molar-refractivity contribution in [3.8, 4) is 0 Å². The lowest BCUT2D eigenvalue weighted by molar-refractivity contribution is 0.519. The molecule has 1 aromatic carbocycles. The maximum atomic E-state index is 11.3. The van der Waals surface area contributed by atoms with Crippen LogP contribution < -0.4 is 0 Å². The smallest absolute Gasteiger partial charge is 0.194 e. The van der Waals surface area contributed by atoms with Gasteiger partial charge in [-0.1, -0.05) is 17.7 Å². The molecule has 0 unspecified atom stereocenters. The minimum atomic E-state index is -3.56. The second-order valence-corrected chi connectivity index (χ2v) is 4.76. The van der Waals surface area contributed by atoms with Crippen LogP contribution in [-0.4, -0.2) is 14.7 Å². The van der Waals surface area contributed by atoms with E-state index in [0.717, 1.165) is 17.6 Å². The fourth-order valence-corrected chi connectivity index (χ4v) is 2.33. The Labute approximate surface area is 82.4 Å². The molecule has 1 rings (SSSR count). The molecule has 0 bridgehead atoms. The average molecular weight is 218 g/mol. The lowest BCUT2D eigenvalue weighted by atomic mass is 10.2. The van der Waals surface area contributed by atoms with E-state index < -0.39 is 10.1 Å². The van der Waals surface area contributed by atoms with Gasteiger partial charge in [0.2, 0.25) is 0 Å². The zero-order chi connectivity index (χ0) is 9.90. The highest BCUT2D eigenvalue weighted by Gasteiger charge is 2.13. The van der Waals surface area contributed by atoms with E-state index >= 15 is 0 Å². The highest BCUT2D eigenvalue weighted by molar-refractivity contribution is 8.04. The third kappa shape index (κ3) is 2.72. The van der Waals surface area contributed by atoms with Crippen molar-refractivity contribution in [2.45, 2.75) is 11.8 Å². The highest BCUT2D eigenvalue weighted by atomic mass is 32.3. The SMILES string of the molecule is CSOS(=O)(=O)c1ccc(C)cc1. The molecule has 0 saturated carbocycles. The van der Waals surface area contributed by atoms with Crippen LogP contribution in [0.15, 0.2) is 29.2 Å². The van der Waals surface area contributed by atoms with Crippen molar-refractivity contribution >= 4 is 22.2 Å². The largest absolute Gasteiger partial charge is 0.307 e. The fourth-order valence-electron chi connectivity index (χ4n) is 0.834. The molecule has 0 aliphatic rings. The van der Waals surface area contributed by atoms with Crippen molar-refractivity contribution in [1.29, 1.82) is 0 Å². The van der Waals surface area contributed by atoms with Crippen LogP contribution in [0.5, 0.6) is 0 Å². The van der Waals surface area contributed by atoms with Crippen LogP contribution in [0.1, 0.15) is 5.56 Å². The molecule has 0 aliphatic carbocycles. The molecule has 0 spiro atoms. The minimum absolute atomic E-state index is 0.187. The number of rotatable bonds is 3. The monoisotopic (exact) mass is 218 g/mol. The summed E-state index contributed by atoms with van der Waals surface area (Å²) in [4.78, 5) is 0.187. The summed E-state index contributed by atoms with van der Waals surface area (Å²) < 4.78 is 27.1. The summed E-state index contributed by atoms with van der Waals surface area (Å²) in [6, 6.07) is 6.52. The van der Waals surface area contributed by atoms with E-state index in [1.54, 1.807) is 18.4 Å². The fraction of sp³-hybridized carbons (Fsp3) is 0.250. The van der Waals surface area contributed by atoms with E-state index in [1.807, 2.05) is 6.92 Å². The Bertz CT molecular complexity index is 367. The molecule has 1 aromatic rings. The summed E-state index contributed by atoms with van der Waals surface area (Å²) in [5.74, 6) is 0. The molecule has 0 saturated heterocycles. The van der Waals surface area contributed by atoms with E-state index in [1.165, 1.54) is 12.1 Å². The summed E-state index contributed by atoms with van der Waals surface area (Å²) in [6.45, 7) is 1.89. The van der Waals surface area contributed by atoms with Gasteiger partial charge in [0, 0.05) is 18.3 Å². The number of benzene rings is 1. The van der Waals surface area contributed by atoms with Crippen LogP contribution in [0, 0.1) is 6.92 Å². The van der Waals surface area contributed by atoms with Crippen molar-refractivity contribution in [3.05, 3.63) is 29.8 Å². The third-order valence-corrected chi connectivity index (χ3v) is 3.58. The Balaban J connectivity index is 3.02. The molecule has 0 amide bonds. The average Bonchev–Trinajstić information content (AvgIpc) is 2.05. The summed E-state index contributed by atoms with van der Waals surface area (Å²) in [5, 5.41) is 0. The molecule has 0 aromatic heterocycles. The molecular weight excluding hydrogens is 208 g/mol. The Kier molecular flexibility index (Phi) is 3.35. The predicted octanol–water partition coefficient (Wildman–Crippen LogP) is 1.98. The first-order valence-corrected chi connectivity index (χ1v) is 6.16. The van der Waals surface area contributed by atoms with Crippen LogP contribution in [-0.2, 0) is 13.7 Å². The van der Waals surface area contributed by atoms with Gasteiger partial charge in [0.15, 0.2) is 0 Å². The van der Waals surface area contributed by atoms with Crippen molar-refractivity contribution < 1.29 is 12.0 Å². The Morgan fingerprint density at radius 3 is 2.23 bits per heavy atom. The molecule has 0 aliphatic heterocycles. The molecule has 0 heterocycles. The zero-order valence-corrected chi connectivity index (χ0v) is 8.98. The van der Waals surface area contributed by atoms with E-state index in [4.69, 9.17) is 0 Å². The number of aryl methyl sites for hydroxylation is 1. The predicted molar refractivity (Wildman–Crippen MR) is 53.0 cm³/mol. The van der Waals surface area contributed by atoms with Gasteiger partial charge in [-0.15, -0.1) is 0 Å². The Morgan fingerprint density at radius 2 is 1.77 bits per heavy atom. The first-order valence-electron chi connectivity index (χ1n) is 3.60. The summed E-state index contributed by atoms with van der Waals surface area (Å²) in [5.41, 5.74) is 1.02. The third-order valence-electron chi connectivity index (χ3n) is 1.47. The molecule has 0 atom stereocenters.